The Bertz CT molecular complexity index is 159. The second kappa shape index (κ2) is 3.24. The molecule has 1 saturated carbocycles. The number of hydrogen-bond donors (Lipinski definition) is 1. The normalized spacial score (nSPS) is 25.6. The number of nitrogens with one attached hydrogen (secondary N) is 1. The van der Waals surface area contributed by atoms with Crippen LogP contribution in [0.2, 0.25) is 0 Å². The molecule has 62 valence electrons. The Morgan fingerprint density at radius 1 is 1.18 bits per heavy atom. The van der Waals surface area contributed by atoms with Crippen LogP contribution in [0.25, 0.3) is 0 Å². The molecule has 0 atom stereocenters. The highest BCUT2D eigenvalue weighted by Gasteiger charge is 2.22. The van der Waals surface area contributed by atoms with Crippen LogP contribution in [-0.4, -0.2) is 18.4 Å². The van der Waals surface area contributed by atoms with Gasteiger partial charge in [-0.1, -0.05) is 6.42 Å². The van der Waals surface area contributed by atoms with E-state index in [1.807, 2.05) is 0 Å². The summed E-state index contributed by atoms with van der Waals surface area (Å²) in [6, 6.07) is 0.784. The van der Waals surface area contributed by atoms with Gasteiger partial charge in [0.15, 0.2) is 0 Å². The van der Waals surface area contributed by atoms with Crippen molar-refractivity contribution in [2.75, 3.05) is 6.54 Å². The van der Waals surface area contributed by atoms with Gasteiger partial charge in [-0.15, -0.1) is 0 Å². The van der Waals surface area contributed by atoms with E-state index in [-0.39, 0.29) is 0 Å². The van der Waals surface area contributed by atoms with Crippen LogP contribution >= 0.6 is 0 Å². The van der Waals surface area contributed by atoms with Crippen molar-refractivity contribution < 1.29 is 0 Å². The first-order valence-corrected chi connectivity index (χ1v) is 4.75. The summed E-state index contributed by atoms with van der Waals surface area (Å²) in [6.07, 6.45) is 7.89. The highest BCUT2D eigenvalue weighted by atomic mass is 15.0. The van der Waals surface area contributed by atoms with E-state index in [1.54, 1.807) is 0 Å². The number of rotatable bonds is 1. The van der Waals surface area contributed by atoms with Crippen molar-refractivity contribution in [3.63, 3.8) is 0 Å². The second-order valence-corrected chi connectivity index (χ2v) is 3.56. The highest BCUT2D eigenvalue weighted by molar-refractivity contribution is 5.82. The van der Waals surface area contributed by atoms with Crippen molar-refractivity contribution in [1.29, 1.82) is 0 Å². The van der Waals surface area contributed by atoms with Crippen molar-refractivity contribution in [1.82, 2.24) is 5.32 Å². The lowest BCUT2D eigenvalue weighted by atomic mass is 10.2. The minimum atomic E-state index is 0.784. The van der Waals surface area contributed by atoms with Gasteiger partial charge in [0.05, 0.1) is 5.84 Å². The fourth-order valence-electron chi connectivity index (χ4n) is 1.46. The van der Waals surface area contributed by atoms with E-state index in [1.165, 1.54) is 44.4 Å². The molecular formula is C9H16N2. The molecule has 1 N–H and O–H groups in total. The minimum absolute atomic E-state index is 0.784. The zero-order valence-electron chi connectivity index (χ0n) is 6.97. The topological polar surface area (TPSA) is 24.4 Å². The molecule has 0 aromatic carbocycles. The van der Waals surface area contributed by atoms with Crippen LogP contribution in [0.4, 0.5) is 0 Å². The van der Waals surface area contributed by atoms with Crippen LogP contribution in [-0.2, 0) is 0 Å². The Morgan fingerprint density at radius 2 is 2.09 bits per heavy atom. The molecule has 0 spiro atoms. The van der Waals surface area contributed by atoms with Crippen molar-refractivity contribution in [3.8, 4) is 0 Å². The molecule has 1 aliphatic heterocycles. The third-order valence-corrected chi connectivity index (χ3v) is 2.32. The zero-order chi connectivity index (χ0) is 7.52. The smallest absolute Gasteiger partial charge is 0.0965 e. The maximum atomic E-state index is 4.51. The molecule has 1 aliphatic carbocycles. The summed E-state index contributed by atoms with van der Waals surface area (Å²) in [5, 5.41) is 3.48. The van der Waals surface area contributed by atoms with Crippen LogP contribution in [0.3, 0.4) is 0 Å². The van der Waals surface area contributed by atoms with Gasteiger partial charge in [0.1, 0.15) is 0 Å². The first kappa shape index (κ1) is 7.14. The molecule has 0 aromatic rings. The third-order valence-electron chi connectivity index (χ3n) is 2.32. The van der Waals surface area contributed by atoms with Crippen molar-refractivity contribution >= 4 is 5.84 Å². The maximum absolute atomic E-state index is 4.51. The molecule has 0 bridgehead atoms. The minimum Gasteiger partial charge on any atom is -0.371 e. The van der Waals surface area contributed by atoms with Crippen molar-refractivity contribution in [2.24, 2.45) is 4.99 Å². The summed E-state index contributed by atoms with van der Waals surface area (Å²) in [6.45, 7) is 1.05. The fourth-order valence-corrected chi connectivity index (χ4v) is 1.46. The second-order valence-electron chi connectivity index (χ2n) is 3.56. The summed E-state index contributed by atoms with van der Waals surface area (Å²) >= 11 is 0. The summed E-state index contributed by atoms with van der Waals surface area (Å²) in [4.78, 5) is 4.51. The first-order chi connectivity index (χ1) is 5.45. The average Bonchev–Trinajstić information content (AvgIpc) is 2.77. The molecule has 1 heterocycles. The van der Waals surface area contributed by atoms with Gasteiger partial charge in [0, 0.05) is 19.0 Å². The molecule has 0 radical (unpaired) electrons. The number of nitrogens with zero attached hydrogens (tertiary/aromatic N) is 1. The molecular weight excluding hydrogens is 136 g/mol. The first-order valence-electron chi connectivity index (χ1n) is 4.75. The summed E-state index contributed by atoms with van der Waals surface area (Å²) in [5.41, 5.74) is 0. The molecule has 0 unspecified atom stereocenters. The van der Waals surface area contributed by atoms with E-state index in [2.05, 4.69) is 10.3 Å². The lowest BCUT2D eigenvalue weighted by Crippen LogP contribution is -2.25. The monoisotopic (exact) mass is 152 g/mol. The molecule has 2 heteroatoms. The predicted octanol–water partition coefficient (Wildman–Crippen LogP) is 1.71. The number of hydrogen-bond acceptors (Lipinski definition) is 2. The lowest BCUT2D eigenvalue weighted by molar-refractivity contribution is 0.728. The van der Waals surface area contributed by atoms with E-state index in [0.29, 0.717) is 0 Å². The quantitative estimate of drug-likeness (QED) is 0.607. The molecule has 0 aromatic heterocycles. The zero-order valence-corrected chi connectivity index (χ0v) is 6.97. The SMILES string of the molecule is C1CCN=C(NC2CC2)CC1. The highest BCUT2D eigenvalue weighted by Crippen LogP contribution is 2.19. The molecule has 0 saturated heterocycles. The molecule has 11 heavy (non-hydrogen) atoms. The Labute approximate surface area is 68.1 Å². The molecule has 2 rings (SSSR count). The van der Waals surface area contributed by atoms with Gasteiger partial charge >= 0.3 is 0 Å². The summed E-state index contributed by atoms with van der Waals surface area (Å²) in [7, 11) is 0. The third kappa shape index (κ3) is 2.21. The summed E-state index contributed by atoms with van der Waals surface area (Å²) < 4.78 is 0. The molecule has 2 aliphatic rings. The fraction of sp³-hybridized carbons (Fsp3) is 0.889. The standard InChI is InChI=1S/C9H16N2/c1-2-4-9(10-7-3-1)11-8-5-6-8/h8H,1-7H2,(H,10,11). The van der Waals surface area contributed by atoms with E-state index >= 15 is 0 Å². The van der Waals surface area contributed by atoms with Gasteiger partial charge in [-0.05, 0) is 25.7 Å². The van der Waals surface area contributed by atoms with Gasteiger partial charge in [0.25, 0.3) is 0 Å². The van der Waals surface area contributed by atoms with E-state index < -0.39 is 0 Å². The van der Waals surface area contributed by atoms with Gasteiger partial charge in [0.2, 0.25) is 0 Å². The van der Waals surface area contributed by atoms with Gasteiger partial charge in [-0.3, -0.25) is 4.99 Å². The van der Waals surface area contributed by atoms with Gasteiger partial charge in [-0.2, -0.15) is 0 Å². The van der Waals surface area contributed by atoms with Crippen LogP contribution in [0.15, 0.2) is 4.99 Å². The molecule has 1 fully saturated rings. The van der Waals surface area contributed by atoms with Crippen LogP contribution in [0.1, 0.15) is 38.5 Å². The van der Waals surface area contributed by atoms with E-state index in [0.717, 1.165) is 12.6 Å². The number of amidine groups is 1. The Morgan fingerprint density at radius 3 is 2.91 bits per heavy atom. The largest absolute Gasteiger partial charge is 0.371 e. The predicted molar refractivity (Wildman–Crippen MR) is 46.9 cm³/mol. The molecule has 0 amide bonds. The summed E-state index contributed by atoms with van der Waals surface area (Å²) in [5.74, 6) is 1.28. The Hall–Kier alpha value is -0.530. The van der Waals surface area contributed by atoms with Crippen molar-refractivity contribution in [2.45, 2.75) is 44.6 Å². The Balaban J connectivity index is 1.82. The number of aliphatic imine (C=N–C) groups is 1. The van der Waals surface area contributed by atoms with Crippen molar-refractivity contribution in [3.05, 3.63) is 0 Å². The van der Waals surface area contributed by atoms with E-state index in [9.17, 15) is 0 Å². The van der Waals surface area contributed by atoms with Gasteiger partial charge < -0.3 is 5.32 Å². The molecule has 2 nitrogen and oxygen atoms in total. The van der Waals surface area contributed by atoms with Crippen LogP contribution < -0.4 is 5.32 Å². The van der Waals surface area contributed by atoms with Crippen LogP contribution in [0, 0.1) is 0 Å². The Kier molecular flexibility index (Phi) is 2.11. The van der Waals surface area contributed by atoms with Gasteiger partial charge in [-0.25, -0.2) is 0 Å². The maximum Gasteiger partial charge on any atom is 0.0965 e. The van der Waals surface area contributed by atoms with E-state index in [4.69, 9.17) is 0 Å². The van der Waals surface area contributed by atoms with Crippen LogP contribution in [0.5, 0.6) is 0 Å². The lowest BCUT2D eigenvalue weighted by Gasteiger charge is -2.05. The average molecular weight is 152 g/mol.